The van der Waals surface area contributed by atoms with Crippen LogP contribution in [0.4, 0.5) is 0 Å². The molecule has 0 bridgehead atoms. The maximum absolute atomic E-state index is 11.7. The Kier molecular flexibility index (Phi) is 7.51. The molecule has 116 valence electrons. The van der Waals surface area contributed by atoms with Crippen molar-refractivity contribution in [2.75, 3.05) is 6.61 Å². The second-order valence-corrected chi connectivity index (χ2v) is 5.33. The van der Waals surface area contributed by atoms with Crippen molar-refractivity contribution in [2.45, 2.75) is 53.4 Å². The molecule has 1 amide bonds. The molecule has 0 atom stereocenters. The lowest BCUT2D eigenvalue weighted by Crippen LogP contribution is -2.25. The van der Waals surface area contributed by atoms with Crippen LogP contribution in [-0.4, -0.2) is 18.2 Å². The molecule has 0 aliphatic heterocycles. The number of benzene rings is 1. The lowest BCUT2D eigenvalue weighted by Gasteiger charge is -2.10. The summed E-state index contributed by atoms with van der Waals surface area (Å²) < 4.78 is 5.53. The van der Waals surface area contributed by atoms with E-state index >= 15 is 0 Å². The van der Waals surface area contributed by atoms with Crippen molar-refractivity contribution in [2.24, 2.45) is 5.10 Å². The summed E-state index contributed by atoms with van der Waals surface area (Å²) in [6.45, 7) is 8.08. The fraction of sp³-hybridized carbons (Fsp3) is 0.529. The Morgan fingerprint density at radius 3 is 2.76 bits per heavy atom. The van der Waals surface area contributed by atoms with E-state index in [4.69, 9.17) is 4.74 Å². The van der Waals surface area contributed by atoms with Crippen molar-refractivity contribution >= 4 is 11.6 Å². The Bertz CT molecular complexity index is 496. The molecule has 1 aromatic carbocycles. The van der Waals surface area contributed by atoms with Crippen molar-refractivity contribution in [1.82, 2.24) is 5.43 Å². The van der Waals surface area contributed by atoms with E-state index in [9.17, 15) is 4.79 Å². The van der Waals surface area contributed by atoms with Gasteiger partial charge in [0.15, 0.2) is 6.61 Å². The molecule has 1 N–H and O–H groups in total. The van der Waals surface area contributed by atoms with Crippen LogP contribution >= 0.6 is 0 Å². The van der Waals surface area contributed by atoms with Gasteiger partial charge >= 0.3 is 0 Å². The van der Waals surface area contributed by atoms with Gasteiger partial charge in [-0.15, -0.1) is 0 Å². The predicted molar refractivity (Wildman–Crippen MR) is 86.8 cm³/mol. The number of carbonyl (C=O) groups excluding carboxylic acids is 1. The van der Waals surface area contributed by atoms with E-state index in [1.807, 2.05) is 39.0 Å². The molecule has 0 heterocycles. The van der Waals surface area contributed by atoms with Crippen molar-refractivity contribution in [1.29, 1.82) is 0 Å². The number of ether oxygens (including phenoxy) is 1. The third-order valence-corrected chi connectivity index (χ3v) is 3.43. The minimum absolute atomic E-state index is 0.0178. The van der Waals surface area contributed by atoms with Crippen molar-refractivity contribution < 1.29 is 9.53 Å². The van der Waals surface area contributed by atoms with Gasteiger partial charge < -0.3 is 4.74 Å². The van der Waals surface area contributed by atoms with Gasteiger partial charge in [-0.25, -0.2) is 5.43 Å². The second-order valence-electron chi connectivity index (χ2n) is 5.33. The zero-order chi connectivity index (χ0) is 15.7. The van der Waals surface area contributed by atoms with Gasteiger partial charge in [0.1, 0.15) is 5.75 Å². The average Bonchev–Trinajstić information content (AvgIpc) is 2.47. The largest absolute Gasteiger partial charge is 0.483 e. The van der Waals surface area contributed by atoms with E-state index in [0.29, 0.717) is 0 Å². The van der Waals surface area contributed by atoms with E-state index in [-0.39, 0.29) is 12.5 Å². The highest BCUT2D eigenvalue weighted by Gasteiger charge is 2.05. The number of hydrogen-bond donors (Lipinski definition) is 1. The Hall–Kier alpha value is -1.84. The molecular weight excluding hydrogens is 264 g/mol. The maximum Gasteiger partial charge on any atom is 0.277 e. The first-order valence-electron chi connectivity index (χ1n) is 7.55. The van der Waals surface area contributed by atoms with E-state index < -0.39 is 0 Å². The number of hydrazone groups is 1. The quantitative estimate of drug-likeness (QED) is 0.450. The van der Waals surface area contributed by atoms with E-state index in [1.54, 1.807) is 0 Å². The molecule has 1 rings (SSSR count). The summed E-state index contributed by atoms with van der Waals surface area (Å²) in [6, 6.07) is 5.81. The molecule has 4 nitrogen and oxygen atoms in total. The van der Waals surface area contributed by atoms with Gasteiger partial charge in [0.2, 0.25) is 0 Å². The number of hydrogen-bond acceptors (Lipinski definition) is 3. The molecule has 0 saturated carbocycles. The summed E-state index contributed by atoms with van der Waals surface area (Å²) in [5.41, 5.74) is 5.70. The van der Waals surface area contributed by atoms with E-state index in [0.717, 1.165) is 35.4 Å². The number of unbranched alkanes of at least 4 members (excludes halogenated alkanes) is 2. The zero-order valence-electron chi connectivity index (χ0n) is 13.5. The van der Waals surface area contributed by atoms with Crippen LogP contribution in [0.5, 0.6) is 5.75 Å². The van der Waals surface area contributed by atoms with Crippen LogP contribution in [0.25, 0.3) is 0 Å². The molecule has 0 aromatic heterocycles. The van der Waals surface area contributed by atoms with Crippen LogP contribution in [0.2, 0.25) is 0 Å². The molecule has 0 unspecified atom stereocenters. The topological polar surface area (TPSA) is 50.7 Å². The molecule has 0 fully saturated rings. The summed E-state index contributed by atoms with van der Waals surface area (Å²) in [5, 5.41) is 4.09. The minimum atomic E-state index is -0.231. The predicted octanol–water partition coefficient (Wildman–Crippen LogP) is 3.75. The molecule has 0 radical (unpaired) electrons. The first-order valence-corrected chi connectivity index (χ1v) is 7.55. The highest BCUT2D eigenvalue weighted by molar-refractivity contribution is 5.84. The SMILES string of the molecule is CCCCC/C(C)=N/NC(=O)COc1cccc(C)c1C. The normalized spacial score (nSPS) is 11.3. The Labute approximate surface area is 127 Å². The number of carbonyl (C=O) groups is 1. The Morgan fingerprint density at radius 1 is 1.29 bits per heavy atom. The number of nitrogens with one attached hydrogen (secondary N) is 1. The highest BCUT2D eigenvalue weighted by atomic mass is 16.5. The number of amides is 1. The Balaban J connectivity index is 2.37. The monoisotopic (exact) mass is 290 g/mol. The molecular formula is C17H26N2O2. The smallest absolute Gasteiger partial charge is 0.277 e. The van der Waals surface area contributed by atoms with Crippen LogP contribution in [0.15, 0.2) is 23.3 Å². The average molecular weight is 290 g/mol. The molecule has 21 heavy (non-hydrogen) atoms. The van der Waals surface area contributed by atoms with Crippen LogP contribution < -0.4 is 10.2 Å². The fourth-order valence-electron chi connectivity index (χ4n) is 1.90. The molecule has 0 aliphatic carbocycles. The Morgan fingerprint density at radius 2 is 2.05 bits per heavy atom. The first kappa shape index (κ1) is 17.2. The van der Waals surface area contributed by atoms with Crippen LogP contribution in [0.3, 0.4) is 0 Å². The van der Waals surface area contributed by atoms with Gasteiger partial charge in [-0.2, -0.15) is 5.10 Å². The second kappa shape index (κ2) is 9.16. The molecule has 1 aromatic rings. The van der Waals surface area contributed by atoms with Crippen LogP contribution in [-0.2, 0) is 4.79 Å². The third kappa shape index (κ3) is 6.43. The van der Waals surface area contributed by atoms with Gasteiger partial charge in [0.05, 0.1) is 0 Å². The number of aryl methyl sites for hydroxylation is 1. The van der Waals surface area contributed by atoms with Crippen molar-refractivity contribution in [3.8, 4) is 5.75 Å². The molecule has 0 spiro atoms. The lowest BCUT2D eigenvalue weighted by molar-refractivity contribution is -0.123. The summed E-state index contributed by atoms with van der Waals surface area (Å²) in [5.74, 6) is 0.513. The number of nitrogens with zero attached hydrogens (tertiary/aromatic N) is 1. The summed E-state index contributed by atoms with van der Waals surface area (Å²) >= 11 is 0. The van der Waals surface area contributed by atoms with Gasteiger partial charge in [-0.05, 0) is 50.8 Å². The van der Waals surface area contributed by atoms with Gasteiger partial charge in [-0.3, -0.25) is 4.79 Å². The summed E-state index contributed by atoms with van der Waals surface area (Å²) in [6.07, 6.45) is 4.41. The van der Waals surface area contributed by atoms with Crippen LogP contribution in [0.1, 0.15) is 50.7 Å². The van der Waals surface area contributed by atoms with Gasteiger partial charge in [0, 0.05) is 5.71 Å². The molecule has 0 aliphatic rings. The van der Waals surface area contributed by atoms with E-state index in [1.165, 1.54) is 12.8 Å². The maximum atomic E-state index is 11.7. The summed E-state index contributed by atoms with van der Waals surface area (Å²) in [4.78, 5) is 11.7. The van der Waals surface area contributed by atoms with Gasteiger partial charge in [0.25, 0.3) is 5.91 Å². The molecule has 0 saturated heterocycles. The fourth-order valence-corrected chi connectivity index (χ4v) is 1.90. The lowest BCUT2D eigenvalue weighted by atomic mass is 10.1. The zero-order valence-corrected chi connectivity index (χ0v) is 13.5. The highest BCUT2D eigenvalue weighted by Crippen LogP contribution is 2.20. The van der Waals surface area contributed by atoms with Crippen molar-refractivity contribution in [3.63, 3.8) is 0 Å². The number of rotatable bonds is 8. The third-order valence-electron chi connectivity index (χ3n) is 3.43. The van der Waals surface area contributed by atoms with Gasteiger partial charge in [-0.1, -0.05) is 31.9 Å². The standard InChI is InChI=1S/C17H26N2O2/c1-5-6-7-10-14(3)18-19-17(20)12-21-16-11-8-9-13(2)15(16)4/h8-9,11H,5-7,10,12H2,1-4H3,(H,19,20)/b18-14+. The van der Waals surface area contributed by atoms with E-state index in [2.05, 4.69) is 17.5 Å². The van der Waals surface area contributed by atoms with Crippen LogP contribution in [0, 0.1) is 13.8 Å². The first-order chi connectivity index (χ1) is 10.0. The summed E-state index contributed by atoms with van der Waals surface area (Å²) in [7, 11) is 0. The van der Waals surface area contributed by atoms with Crippen molar-refractivity contribution in [3.05, 3.63) is 29.3 Å². The minimum Gasteiger partial charge on any atom is -0.483 e. The molecule has 4 heteroatoms.